The molecule has 1 amide bonds. The minimum Gasteiger partial charge on any atom is -0.370 e. The molecule has 36 heavy (non-hydrogen) atoms. The van der Waals surface area contributed by atoms with Crippen molar-refractivity contribution in [3.8, 4) is 0 Å². The summed E-state index contributed by atoms with van der Waals surface area (Å²) in [6, 6.07) is 19.9. The second kappa shape index (κ2) is 9.88. The van der Waals surface area contributed by atoms with Crippen LogP contribution in [-0.2, 0) is 4.79 Å². The summed E-state index contributed by atoms with van der Waals surface area (Å²) in [4.78, 5) is 20.2. The lowest BCUT2D eigenvalue weighted by Gasteiger charge is -2.46. The maximum Gasteiger partial charge on any atom is 0.228 e. The molecule has 0 unspecified atom stereocenters. The third kappa shape index (κ3) is 4.66. The van der Waals surface area contributed by atoms with Crippen LogP contribution in [0.1, 0.15) is 25.3 Å². The largest absolute Gasteiger partial charge is 0.370 e. The van der Waals surface area contributed by atoms with Gasteiger partial charge >= 0.3 is 0 Å². The molecule has 5 rings (SSSR count). The molecule has 2 aliphatic heterocycles. The monoisotopic (exact) mass is 493 g/mol. The number of hydrogen-bond acceptors (Lipinski definition) is 3. The van der Waals surface area contributed by atoms with Crippen LogP contribution < -0.4 is 9.80 Å². The molecule has 0 spiro atoms. The van der Waals surface area contributed by atoms with Gasteiger partial charge in [-0.2, -0.15) is 0 Å². The number of amides is 1. The van der Waals surface area contributed by atoms with Crippen LogP contribution in [0.4, 0.5) is 24.5 Å². The lowest BCUT2D eigenvalue weighted by Crippen LogP contribution is -2.59. The number of anilines is 2. The Morgan fingerprint density at radius 2 is 1.39 bits per heavy atom. The highest BCUT2D eigenvalue weighted by Gasteiger charge is 2.43. The molecule has 2 saturated heterocycles. The molecule has 0 N–H and O–H groups in total. The van der Waals surface area contributed by atoms with Gasteiger partial charge < -0.3 is 14.7 Å². The minimum absolute atomic E-state index is 0.0142. The number of halogens is 3. The number of nitrogens with zero attached hydrogens (tertiary/aromatic N) is 3. The number of para-hydroxylation sites is 1. The Morgan fingerprint density at radius 3 is 2.03 bits per heavy atom. The maximum absolute atomic E-state index is 14.9. The SMILES string of the molecule is C[C@@H]1CN(C(=O)[C@H]2CN(c3ccccc3)C[C@@H]2c2ccc(F)cc2F)C[C@H](C)N1c1ccc(F)cc1. The van der Waals surface area contributed by atoms with Crippen molar-refractivity contribution in [2.75, 3.05) is 36.0 Å². The van der Waals surface area contributed by atoms with Crippen LogP contribution in [0.2, 0.25) is 0 Å². The van der Waals surface area contributed by atoms with Crippen molar-refractivity contribution < 1.29 is 18.0 Å². The topological polar surface area (TPSA) is 26.8 Å². The molecule has 0 bridgehead atoms. The Hall–Kier alpha value is -3.48. The highest BCUT2D eigenvalue weighted by molar-refractivity contribution is 5.82. The Kier molecular flexibility index (Phi) is 6.65. The summed E-state index contributed by atoms with van der Waals surface area (Å²) in [7, 11) is 0. The van der Waals surface area contributed by atoms with Gasteiger partial charge in [0.25, 0.3) is 0 Å². The molecule has 0 aromatic heterocycles. The average Bonchev–Trinajstić information content (AvgIpc) is 3.30. The van der Waals surface area contributed by atoms with E-state index in [9.17, 15) is 18.0 Å². The van der Waals surface area contributed by atoms with Crippen LogP contribution in [-0.4, -0.2) is 49.1 Å². The van der Waals surface area contributed by atoms with Crippen LogP contribution in [0.25, 0.3) is 0 Å². The summed E-state index contributed by atoms with van der Waals surface area (Å²) in [6.07, 6.45) is 0. The van der Waals surface area contributed by atoms with Crippen LogP contribution in [0.15, 0.2) is 72.8 Å². The van der Waals surface area contributed by atoms with E-state index >= 15 is 0 Å². The molecule has 0 saturated carbocycles. The first-order chi connectivity index (χ1) is 17.3. The van der Waals surface area contributed by atoms with E-state index in [1.807, 2.05) is 35.2 Å². The van der Waals surface area contributed by atoms with E-state index in [2.05, 4.69) is 23.6 Å². The first kappa shape index (κ1) is 24.2. The van der Waals surface area contributed by atoms with Crippen LogP contribution in [0.5, 0.6) is 0 Å². The number of piperazine rings is 1. The van der Waals surface area contributed by atoms with Crippen molar-refractivity contribution >= 4 is 17.3 Å². The third-order valence-corrected chi connectivity index (χ3v) is 7.48. The normalized spacial score (nSPS) is 24.3. The molecule has 188 valence electrons. The summed E-state index contributed by atoms with van der Waals surface area (Å²) in [5, 5.41) is 0. The summed E-state index contributed by atoms with van der Waals surface area (Å²) in [5.41, 5.74) is 2.27. The second-order valence-electron chi connectivity index (χ2n) is 9.94. The standard InChI is InChI=1S/C29H30F3N3O/c1-19-15-34(16-20(2)35(19)24-11-8-21(30)9-12-24)29(36)27-18-33(23-6-4-3-5-7-23)17-26(27)25-13-10-22(31)14-28(25)32/h3-14,19-20,26-27H,15-18H2,1-2H3/t19-,20+,26-,27+/m1/s1. The fraction of sp³-hybridized carbons (Fsp3) is 0.345. The fourth-order valence-corrected chi connectivity index (χ4v) is 5.88. The van der Waals surface area contributed by atoms with Crippen LogP contribution >= 0.6 is 0 Å². The van der Waals surface area contributed by atoms with Gasteiger partial charge in [0, 0.05) is 61.6 Å². The molecule has 7 heteroatoms. The lowest BCUT2D eigenvalue weighted by molar-refractivity contribution is -0.136. The van der Waals surface area contributed by atoms with Gasteiger partial charge in [-0.25, -0.2) is 13.2 Å². The number of rotatable bonds is 4. The molecule has 0 aliphatic carbocycles. The second-order valence-corrected chi connectivity index (χ2v) is 9.94. The summed E-state index contributed by atoms with van der Waals surface area (Å²) in [6.45, 7) is 6.08. The van der Waals surface area contributed by atoms with Crippen LogP contribution in [0, 0.1) is 23.4 Å². The van der Waals surface area contributed by atoms with Gasteiger partial charge in [-0.05, 0) is 61.9 Å². The molecule has 4 atom stereocenters. The number of carbonyl (C=O) groups is 1. The number of carbonyl (C=O) groups excluding carboxylic acids is 1. The van der Waals surface area contributed by atoms with Gasteiger partial charge in [-0.1, -0.05) is 24.3 Å². The van der Waals surface area contributed by atoms with E-state index in [1.54, 1.807) is 12.1 Å². The Balaban J connectivity index is 1.40. The highest BCUT2D eigenvalue weighted by Crippen LogP contribution is 2.38. The van der Waals surface area contributed by atoms with E-state index in [0.29, 0.717) is 31.7 Å². The molecule has 0 radical (unpaired) electrons. The Bertz CT molecular complexity index is 1210. The van der Waals surface area contributed by atoms with Gasteiger partial charge in [0.1, 0.15) is 17.5 Å². The van der Waals surface area contributed by atoms with E-state index < -0.39 is 17.6 Å². The molecule has 4 nitrogen and oxygen atoms in total. The lowest BCUT2D eigenvalue weighted by atomic mass is 9.87. The van der Waals surface area contributed by atoms with E-state index in [-0.39, 0.29) is 29.7 Å². The fourth-order valence-electron chi connectivity index (χ4n) is 5.88. The zero-order valence-electron chi connectivity index (χ0n) is 20.4. The van der Waals surface area contributed by atoms with Crippen molar-refractivity contribution in [2.24, 2.45) is 5.92 Å². The molecular weight excluding hydrogens is 463 g/mol. The molecule has 2 heterocycles. The smallest absolute Gasteiger partial charge is 0.228 e. The van der Waals surface area contributed by atoms with Crippen molar-refractivity contribution in [3.63, 3.8) is 0 Å². The summed E-state index contributed by atoms with van der Waals surface area (Å²) < 4.78 is 42.0. The summed E-state index contributed by atoms with van der Waals surface area (Å²) >= 11 is 0. The summed E-state index contributed by atoms with van der Waals surface area (Å²) in [5.74, 6) is -2.39. The van der Waals surface area contributed by atoms with Gasteiger partial charge in [-0.3, -0.25) is 4.79 Å². The van der Waals surface area contributed by atoms with Crippen LogP contribution in [0.3, 0.4) is 0 Å². The molecular formula is C29H30F3N3O. The molecule has 2 fully saturated rings. The minimum atomic E-state index is -0.628. The molecule has 3 aromatic rings. The predicted molar refractivity (Wildman–Crippen MR) is 136 cm³/mol. The van der Waals surface area contributed by atoms with Gasteiger partial charge in [0.2, 0.25) is 5.91 Å². The quantitative estimate of drug-likeness (QED) is 0.484. The average molecular weight is 494 g/mol. The first-order valence-electron chi connectivity index (χ1n) is 12.4. The van der Waals surface area contributed by atoms with E-state index in [4.69, 9.17) is 0 Å². The van der Waals surface area contributed by atoms with Gasteiger partial charge in [-0.15, -0.1) is 0 Å². The van der Waals surface area contributed by atoms with E-state index in [1.165, 1.54) is 24.3 Å². The highest BCUT2D eigenvalue weighted by atomic mass is 19.1. The first-order valence-corrected chi connectivity index (χ1v) is 12.4. The molecule has 2 aliphatic rings. The van der Waals surface area contributed by atoms with Gasteiger partial charge in [0.05, 0.1) is 5.92 Å². The maximum atomic E-state index is 14.9. The van der Waals surface area contributed by atoms with Crippen molar-refractivity contribution in [1.29, 1.82) is 0 Å². The van der Waals surface area contributed by atoms with Crippen molar-refractivity contribution in [2.45, 2.75) is 31.8 Å². The zero-order chi connectivity index (χ0) is 25.4. The predicted octanol–water partition coefficient (Wildman–Crippen LogP) is 5.45. The van der Waals surface area contributed by atoms with Gasteiger partial charge in [0.15, 0.2) is 0 Å². The Morgan fingerprint density at radius 1 is 0.750 bits per heavy atom. The Labute approximate surface area is 209 Å². The van der Waals surface area contributed by atoms with E-state index in [0.717, 1.165) is 17.4 Å². The molecule has 3 aromatic carbocycles. The zero-order valence-corrected chi connectivity index (χ0v) is 20.4. The third-order valence-electron chi connectivity index (χ3n) is 7.48. The van der Waals surface area contributed by atoms with Crippen molar-refractivity contribution in [1.82, 2.24) is 4.90 Å². The van der Waals surface area contributed by atoms with Crippen molar-refractivity contribution in [3.05, 3.63) is 95.8 Å². The number of hydrogen-bond donors (Lipinski definition) is 0. The number of benzene rings is 3.